The van der Waals surface area contributed by atoms with Crippen molar-refractivity contribution in [2.45, 2.75) is 51.7 Å². The van der Waals surface area contributed by atoms with Crippen molar-refractivity contribution in [2.75, 3.05) is 45.2 Å². The van der Waals surface area contributed by atoms with Gasteiger partial charge in [-0.1, -0.05) is 41.4 Å². The van der Waals surface area contributed by atoms with Gasteiger partial charge in [0.1, 0.15) is 0 Å². The lowest BCUT2D eigenvalue weighted by Gasteiger charge is -2.39. The zero-order chi connectivity index (χ0) is 37.4. The number of piperidine rings is 1. The first-order valence-electron chi connectivity index (χ1n) is 17.8. The fraction of sp³-hybridized carbons (Fsp3) is 0.421. The van der Waals surface area contributed by atoms with Crippen LogP contribution in [0.5, 0.6) is 5.88 Å². The van der Waals surface area contributed by atoms with E-state index in [1.807, 2.05) is 28.6 Å². The molecule has 0 spiro atoms. The molecule has 3 aliphatic heterocycles. The van der Waals surface area contributed by atoms with Crippen molar-refractivity contribution in [3.8, 4) is 28.4 Å². The van der Waals surface area contributed by atoms with Gasteiger partial charge in [-0.05, 0) is 44.0 Å². The third-order valence-corrected chi connectivity index (χ3v) is 11.5. The summed E-state index contributed by atoms with van der Waals surface area (Å²) in [5.41, 5.74) is 5.33. The number of carbonyl (C=O) groups is 3. The zero-order valence-corrected chi connectivity index (χ0v) is 31.5. The van der Waals surface area contributed by atoms with Crippen LogP contribution in [0.1, 0.15) is 53.8 Å². The van der Waals surface area contributed by atoms with Crippen LogP contribution in [0.4, 0.5) is 5.69 Å². The first-order valence-corrected chi connectivity index (χ1v) is 18.6. The lowest BCUT2D eigenvalue weighted by Crippen LogP contribution is -2.47. The fourth-order valence-corrected chi connectivity index (χ4v) is 8.34. The third kappa shape index (κ3) is 7.48. The Balaban J connectivity index is 1.07. The summed E-state index contributed by atoms with van der Waals surface area (Å²) in [7, 11) is 3.42. The Kier molecular flexibility index (Phi) is 10.7. The first-order chi connectivity index (χ1) is 25.5. The Morgan fingerprint density at radius 3 is 2.49 bits per heavy atom. The predicted octanol–water partition coefficient (Wildman–Crippen LogP) is 5.39. The van der Waals surface area contributed by atoms with Crippen molar-refractivity contribution < 1.29 is 24.2 Å². The molecule has 3 aromatic heterocycles. The van der Waals surface area contributed by atoms with Crippen molar-refractivity contribution in [1.82, 2.24) is 34.2 Å². The van der Waals surface area contributed by atoms with Gasteiger partial charge in [-0.25, -0.2) is 9.97 Å². The molecule has 3 aliphatic rings. The first kappa shape index (κ1) is 36.8. The van der Waals surface area contributed by atoms with Gasteiger partial charge in [0.25, 0.3) is 5.91 Å². The quantitative estimate of drug-likeness (QED) is 0.228. The number of fused-ring (bicyclic) bond motifs is 1. The maximum absolute atomic E-state index is 13.7. The number of ether oxygens (including phenoxy) is 1. The Morgan fingerprint density at radius 2 is 1.77 bits per heavy atom. The molecule has 7 rings (SSSR count). The molecule has 13 nitrogen and oxygen atoms in total. The highest BCUT2D eigenvalue weighted by molar-refractivity contribution is 6.39. The molecule has 2 fully saturated rings. The van der Waals surface area contributed by atoms with E-state index in [1.165, 1.54) is 0 Å². The number of nitrogens with zero attached hydrogens (tertiary/aromatic N) is 7. The van der Waals surface area contributed by atoms with Gasteiger partial charge >= 0.3 is 5.97 Å². The van der Waals surface area contributed by atoms with Gasteiger partial charge in [-0.2, -0.15) is 0 Å². The lowest BCUT2D eigenvalue weighted by atomic mass is 10.00. The smallest absolute Gasteiger partial charge is 0.307 e. The summed E-state index contributed by atoms with van der Waals surface area (Å²) >= 11 is 14.0. The topological polar surface area (TPSA) is 146 Å². The molecule has 6 heterocycles. The van der Waals surface area contributed by atoms with Crippen LogP contribution >= 0.6 is 23.2 Å². The zero-order valence-electron chi connectivity index (χ0n) is 29.9. The van der Waals surface area contributed by atoms with E-state index in [0.717, 1.165) is 55.8 Å². The molecule has 2 saturated heterocycles. The van der Waals surface area contributed by atoms with E-state index in [1.54, 1.807) is 44.5 Å². The summed E-state index contributed by atoms with van der Waals surface area (Å²) in [4.78, 5) is 57.4. The second-order valence-corrected chi connectivity index (χ2v) is 14.7. The molecule has 0 bridgehead atoms. The molecule has 2 N–H and O–H groups in total. The van der Waals surface area contributed by atoms with Crippen LogP contribution in [-0.2, 0) is 36.1 Å². The van der Waals surface area contributed by atoms with Crippen molar-refractivity contribution in [3.63, 3.8) is 0 Å². The minimum Gasteiger partial charge on any atom is -0.481 e. The number of halogens is 2. The Morgan fingerprint density at radius 1 is 0.981 bits per heavy atom. The second kappa shape index (κ2) is 15.4. The number of carboxylic acids is 1. The van der Waals surface area contributed by atoms with E-state index in [9.17, 15) is 19.5 Å². The molecule has 0 unspecified atom stereocenters. The number of methoxy groups -OCH3 is 1. The number of anilines is 1. The minimum absolute atomic E-state index is 0.123. The van der Waals surface area contributed by atoms with Gasteiger partial charge in [-0.3, -0.25) is 29.2 Å². The van der Waals surface area contributed by atoms with E-state index in [4.69, 9.17) is 37.9 Å². The number of imidazole rings is 1. The Hall–Kier alpha value is -4.56. The molecule has 0 radical (unpaired) electrons. The van der Waals surface area contributed by atoms with Gasteiger partial charge in [0.2, 0.25) is 11.8 Å². The van der Waals surface area contributed by atoms with Crippen LogP contribution in [0, 0.1) is 5.92 Å². The standard InChI is InChI=1S/C38H42Cl2N8O5/c1-22(49)47-16-11-25(12-17-47)48-18-13-31-30(21-48)42-35(45(31)2)36(50)43-29-6-4-5-27(32(29)39)34-33(40)26(9-14-41-34)28-8-7-23(37(44-28)53-3)19-46-15-10-24(20-46)38(51)52/h4-9,14,24-25H,10-13,15-21H2,1-3H3,(H,43,50)(H,51,52)/t24-/m1/s1. The summed E-state index contributed by atoms with van der Waals surface area (Å²) in [5.74, 6) is -0.670. The minimum atomic E-state index is -0.775. The maximum Gasteiger partial charge on any atom is 0.307 e. The van der Waals surface area contributed by atoms with E-state index < -0.39 is 5.97 Å². The molecule has 4 aromatic rings. The monoisotopic (exact) mass is 760 g/mol. The SMILES string of the molecule is COc1nc(-c2ccnc(-c3cccc(NC(=O)c4nc5c(n4C)CCN(C4CCN(C(C)=O)CC4)C5)c3Cl)c2Cl)ccc1CN1CC[C@@H](C(=O)O)C1. The van der Waals surface area contributed by atoms with Crippen molar-refractivity contribution in [2.24, 2.45) is 13.0 Å². The summed E-state index contributed by atoms with van der Waals surface area (Å²) in [6, 6.07) is 11.2. The third-order valence-electron chi connectivity index (χ3n) is 10.7. The van der Waals surface area contributed by atoms with Gasteiger partial charge in [-0.15, -0.1) is 0 Å². The summed E-state index contributed by atoms with van der Waals surface area (Å²) < 4.78 is 7.50. The number of rotatable bonds is 9. The number of pyridine rings is 2. The number of nitrogens with one attached hydrogen (secondary N) is 1. The second-order valence-electron chi connectivity index (χ2n) is 13.9. The average molecular weight is 762 g/mol. The number of carbonyl (C=O) groups excluding carboxylic acids is 2. The maximum atomic E-state index is 13.7. The molecular formula is C38H42Cl2N8O5. The molecule has 0 saturated carbocycles. The van der Waals surface area contributed by atoms with E-state index >= 15 is 0 Å². The Bertz CT molecular complexity index is 2060. The number of amides is 2. The summed E-state index contributed by atoms with van der Waals surface area (Å²) in [5, 5.41) is 13.0. The number of carboxylic acid groups (broad SMARTS) is 1. The predicted molar refractivity (Wildman–Crippen MR) is 201 cm³/mol. The van der Waals surface area contributed by atoms with Crippen LogP contribution < -0.4 is 10.1 Å². The average Bonchev–Trinajstić information content (AvgIpc) is 3.77. The highest BCUT2D eigenvalue weighted by Gasteiger charge is 2.32. The van der Waals surface area contributed by atoms with Gasteiger partial charge < -0.3 is 24.6 Å². The highest BCUT2D eigenvalue weighted by atomic mass is 35.5. The van der Waals surface area contributed by atoms with Gasteiger partial charge in [0.15, 0.2) is 5.82 Å². The van der Waals surface area contributed by atoms with Crippen LogP contribution in [0.2, 0.25) is 10.0 Å². The number of hydrogen-bond donors (Lipinski definition) is 2. The largest absolute Gasteiger partial charge is 0.481 e. The van der Waals surface area contributed by atoms with Crippen molar-refractivity contribution >= 4 is 46.7 Å². The molecule has 2 amide bonds. The van der Waals surface area contributed by atoms with Crippen LogP contribution in [-0.4, -0.2) is 103 Å². The number of hydrogen-bond acceptors (Lipinski definition) is 9. The van der Waals surface area contributed by atoms with E-state index in [-0.39, 0.29) is 22.8 Å². The van der Waals surface area contributed by atoms with Gasteiger partial charge in [0.05, 0.1) is 45.8 Å². The molecule has 53 heavy (non-hydrogen) atoms. The van der Waals surface area contributed by atoms with Crippen LogP contribution in [0.15, 0.2) is 42.6 Å². The normalized spacial score (nSPS) is 18.2. The van der Waals surface area contributed by atoms with Crippen LogP contribution in [0.25, 0.3) is 22.5 Å². The lowest BCUT2D eigenvalue weighted by molar-refractivity contribution is -0.141. The molecular weight excluding hydrogens is 719 g/mol. The van der Waals surface area contributed by atoms with E-state index in [2.05, 4.69) is 20.1 Å². The molecule has 0 aliphatic carbocycles. The Labute approximate surface area is 317 Å². The molecule has 15 heteroatoms. The van der Waals surface area contributed by atoms with Crippen molar-refractivity contribution in [1.29, 1.82) is 0 Å². The summed E-state index contributed by atoms with van der Waals surface area (Å²) in [6.07, 6.45) is 4.88. The number of aromatic nitrogens is 4. The highest BCUT2D eigenvalue weighted by Crippen LogP contribution is 2.40. The fourth-order valence-electron chi connectivity index (χ4n) is 7.76. The van der Waals surface area contributed by atoms with E-state index in [0.29, 0.717) is 83.6 Å². The molecule has 1 atom stereocenters. The molecule has 1 aromatic carbocycles. The van der Waals surface area contributed by atoms with Crippen LogP contribution in [0.3, 0.4) is 0 Å². The summed E-state index contributed by atoms with van der Waals surface area (Å²) in [6.45, 7) is 6.37. The number of likely N-dealkylation sites (tertiary alicyclic amines) is 2. The number of benzene rings is 1. The van der Waals surface area contributed by atoms with Gasteiger partial charge in [0, 0.05) is 94.3 Å². The number of aliphatic carboxylic acids is 1. The van der Waals surface area contributed by atoms with Crippen molar-refractivity contribution in [3.05, 3.63) is 75.4 Å². The molecule has 278 valence electrons.